The summed E-state index contributed by atoms with van der Waals surface area (Å²) in [7, 11) is 1.93. The fourth-order valence-electron chi connectivity index (χ4n) is 3.10. The van der Waals surface area contributed by atoms with Crippen molar-refractivity contribution < 1.29 is 4.79 Å². The van der Waals surface area contributed by atoms with Gasteiger partial charge in [-0.25, -0.2) is 0 Å². The number of Topliss-reactive ketones (excluding diaryl/α,β-unsaturated/α-hetero) is 1. The van der Waals surface area contributed by atoms with Crippen LogP contribution in [0.4, 0.5) is 0 Å². The minimum Gasteiger partial charge on any atom is -0.345 e. The number of carbonyl (C=O) groups excluding carboxylic acids is 1. The van der Waals surface area contributed by atoms with Gasteiger partial charge in [0.1, 0.15) is 0 Å². The Morgan fingerprint density at radius 1 is 1.19 bits per heavy atom. The molecule has 0 radical (unpaired) electrons. The van der Waals surface area contributed by atoms with Crippen molar-refractivity contribution in [1.29, 1.82) is 0 Å². The standard InChI is InChI=1S/C21H24N4OS/c1-6-11-25-15(3)12-18(16(25)4)19(26)13-27-21-23-22-20(24(21)5)17-9-7-14(2)8-10-17/h6-10,12H,1,11,13H2,2-5H3. The Morgan fingerprint density at radius 3 is 2.56 bits per heavy atom. The van der Waals surface area contributed by atoms with Crippen molar-refractivity contribution in [2.24, 2.45) is 7.05 Å². The molecule has 0 amide bonds. The van der Waals surface area contributed by atoms with Crippen LogP contribution in [-0.4, -0.2) is 30.9 Å². The summed E-state index contributed by atoms with van der Waals surface area (Å²) in [4.78, 5) is 12.7. The second-order valence-corrected chi connectivity index (χ2v) is 7.57. The molecule has 3 rings (SSSR count). The number of thioether (sulfide) groups is 1. The maximum absolute atomic E-state index is 12.7. The van der Waals surface area contributed by atoms with Gasteiger partial charge in [-0.15, -0.1) is 16.8 Å². The van der Waals surface area contributed by atoms with Gasteiger partial charge in [-0.2, -0.15) is 0 Å². The second kappa shape index (κ2) is 7.96. The van der Waals surface area contributed by atoms with E-state index in [4.69, 9.17) is 0 Å². The fourth-order valence-corrected chi connectivity index (χ4v) is 3.89. The molecule has 3 aromatic rings. The van der Waals surface area contributed by atoms with Crippen molar-refractivity contribution in [3.8, 4) is 11.4 Å². The molecule has 2 aromatic heterocycles. The van der Waals surface area contributed by atoms with Gasteiger partial charge >= 0.3 is 0 Å². The Bertz CT molecular complexity index is 983. The maximum Gasteiger partial charge on any atom is 0.191 e. The second-order valence-electron chi connectivity index (χ2n) is 6.63. The number of benzene rings is 1. The third-order valence-corrected chi connectivity index (χ3v) is 5.68. The maximum atomic E-state index is 12.7. The predicted octanol–water partition coefficient (Wildman–Crippen LogP) is 4.37. The van der Waals surface area contributed by atoms with Gasteiger partial charge in [0.15, 0.2) is 16.8 Å². The first-order chi connectivity index (χ1) is 12.9. The summed E-state index contributed by atoms with van der Waals surface area (Å²) in [6.45, 7) is 10.5. The lowest BCUT2D eigenvalue weighted by Crippen LogP contribution is -2.07. The van der Waals surface area contributed by atoms with E-state index < -0.39 is 0 Å². The number of allylic oxidation sites excluding steroid dienone is 1. The third kappa shape index (κ3) is 3.90. The Kier molecular flexibility index (Phi) is 5.65. The molecule has 0 fully saturated rings. The van der Waals surface area contributed by atoms with Crippen LogP contribution in [0.3, 0.4) is 0 Å². The average Bonchev–Trinajstić information content (AvgIpc) is 3.15. The molecular formula is C21H24N4OS. The van der Waals surface area contributed by atoms with E-state index in [1.807, 2.05) is 49.7 Å². The monoisotopic (exact) mass is 380 g/mol. The summed E-state index contributed by atoms with van der Waals surface area (Å²) in [5, 5.41) is 9.29. The van der Waals surface area contributed by atoms with Crippen molar-refractivity contribution in [3.05, 3.63) is 65.5 Å². The molecule has 140 valence electrons. The lowest BCUT2D eigenvalue weighted by atomic mass is 10.1. The summed E-state index contributed by atoms with van der Waals surface area (Å²) in [5.41, 5.74) is 5.04. The first-order valence-corrected chi connectivity index (χ1v) is 9.81. The summed E-state index contributed by atoms with van der Waals surface area (Å²) in [6.07, 6.45) is 1.84. The van der Waals surface area contributed by atoms with Gasteiger partial charge in [0, 0.05) is 36.1 Å². The van der Waals surface area contributed by atoms with Crippen LogP contribution in [0.25, 0.3) is 11.4 Å². The summed E-state index contributed by atoms with van der Waals surface area (Å²) >= 11 is 1.42. The highest BCUT2D eigenvalue weighted by atomic mass is 32.2. The Labute approximate surface area is 164 Å². The van der Waals surface area contributed by atoms with Crippen molar-refractivity contribution in [1.82, 2.24) is 19.3 Å². The van der Waals surface area contributed by atoms with Crippen LogP contribution >= 0.6 is 11.8 Å². The van der Waals surface area contributed by atoms with E-state index in [-0.39, 0.29) is 5.78 Å². The van der Waals surface area contributed by atoms with Crippen LogP contribution in [0, 0.1) is 20.8 Å². The highest BCUT2D eigenvalue weighted by molar-refractivity contribution is 7.99. The van der Waals surface area contributed by atoms with Crippen molar-refractivity contribution in [2.45, 2.75) is 32.5 Å². The molecule has 1 aromatic carbocycles. The van der Waals surface area contributed by atoms with E-state index in [1.54, 1.807) is 0 Å². The Morgan fingerprint density at radius 2 is 1.89 bits per heavy atom. The molecule has 6 heteroatoms. The van der Waals surface area contributed by atoms with Crippen LogP contribution in [0.2, 0.25) is 0 Å². The van der Waals surface area contributed by atoms with Gasteiger partial charge in [-0.3, -0.25) is 4.79 Å². The number of hydrogen-bond donors (Lipinski definition) is 0. The molecule has 27 heavy (non-hydrogen) atoms. The molecule has 5 nitrogen and oxygen atoms in total. The first-order valence-electron chi connectivity index (χ1n) is 8.82. The number of rotatable bonds is 7. The molecule has 0 aliphatic rings. The van der Waals surface area contributed by atoms with Crippen LogP contribution in [0.1, 0.15) is 27.3 Å². The molecular weight excluding hydrogens is 356 g/mol. The minimum atomic E-state index is 0.100. The number of carbonyl (C=O) groups is 1. The molecule has 0 bridgehead atoms. The molecule has 0 saturated carbocycles. The highest BCUT2D eigenvalue weighted by Crippen LogP contribution is 2.24. The van der Waals surface area contributed by atoms with Gasteiger partial charge in [-0.05, 0) is 26.8 Å². The van der Waals surface area contributed by atoms with Gasteiger partial charge in [-0.1, -0.05) is 47.7 Å². The summed E-state index contributed by atoms with van der Waals surface area (Å²) in [5.74, 6) is 1.23. The third-order valence-electron chi connectivity index (χ3n) is 4.66. The quantitative estimate of drug-likeness (QED) is 0.347. The molecule has 0 aliphatic heterocycles. The van der Waals surface area contributed by atoms with E-state index in [1.165, 1.54) is 17.3 Å². The SMILES string of the molecule is C=CCn1c(C)cc(C(=O)CSc2nnc(-c3ccc(C)cc3)n2C)c1C. The normalized spacial score (nSPS) is 11.0. The van der Waals surface area contributed by atoms with Gasteiger partial charge in [0.25, 0.3) is 0 Å². The fraction of sp³-hybridized carbons (Fsp3) is 0.286. The lowest BCUT2D eigenvalue weighted by molar-refractivity contribution is 0.102. The first kappa shape index (κ1) is 19.2. The molecule has 2 heterocycles. The predicted molar refractivity (Wildman–Crippen MR) is 110 cm³/mol. The van der Waals surface area contributed by atoms with Gasteiger partial charge < -0.3 is 9.13 Å². The Balaban J connectivity index is 1.74. The number of aryl methyl sites for hydroxylation is 2. The summed E-state index contributed by atoms with van der Waals surface area (Å²) in [6, 6.07) is 10.1. The van der Waals surface area contributed by atoms with E-state index >= 15 is 0 Å². The van der Waals surface area contributed by atoms with Crippen molar-refractivity contribution in [2.75, 3.05) is 5.75 Å². The van der Waals surface area contributed by atoms with Crippen LogP contribution in [0.15, 0.2) is 48.1 Å². The van der Waals surface area contributed by atoms with Gasteiger partial charge in [0.2, 0.25) is 0 Å². The molecule has 0 aliphatic carbocycles. The zero-order chi connectivity index (χ0) is 19.6. The summed E-state index contributed by atoms with van der Waals surface area (Å²) < 4.78 is 4.03. The number of nitrogens with zero attached hydrogens (tertiary/aromatic N) is 4. The zero-order valence-electron chi connectivity index (χ0n) is 16.2. The largest absolute Gasteiger partial charge is 0.345 e. The minimum absolute atomic E-state index is 0.100. The average molecular weight is 381 g/mol. The van der Waals surface area contributed by atoms with E-state index in [0.29, 0.717) is 12.3 Å². The topological polar surface area (TPSA) is 52.7 Å². The molecule has 0 unspecified atom stereocenters. The molecule has 0 spiro atoms. The number of ketones is 1. The molecule has 0 saturated heterocycles. The van der Waals surface area contributed by atoms with Gasteiger partial charge in [0.05, 0.1) is 5.75 Å². The zero-order valence-corrected chi connectivity index (χ0v) is 17.0. The molecule has 0 N–H and O–H groups in total. The van der Waals surface area contributed by atoms with E-state index in [0.717, 1.165) is 33.5 Å². The van der Waals surface area contributed by atoms with Crippen molar-refractivity contribution in [3.63, 3.8) is 0 Å². The number of hydrogen-bond acceptors (Lipinski definition) is 4. The van der Waals surface area contributed by atoms with Crippen LogP contribution in [0.5, 0.6) is 0 Å². The smallest absolute Gasteiger partial charge is 0.191 e. The Hall–Kier alpha value is -2.60. The van der Waals surface area contributed by atoms with Crippen LogP contribution in [-0.2, 0) is 13.6 Å². The number of aromatic nitrogens is 4. The molecule has 0 atom stereocenters. The van der Waals surface area contributed by atoms with E-state index in [9.17, 15) is 4.79 Å². The highest BCUT2D eigenvalue weighted by Gasteiger charge is 2.17. The van der Waals surface area contributed by atoms with E-state index in [2.05, 4.69) is 40.4 Å². The lowest BCUT2D eigenvalue weighted by Gasteiger charge is -2.06. The van der Waals surface area contributed by atoms with Crippen molar-refractivity contribution >= 4 is 17.5 Å². The van der Waals surface area contributed by atoms with Crippen LogP contribution < -0.4 is 0 Å².